The van der Waals surface area contributed by atoms with Gasteiger partial charge in [0.1, 0.15) is 0 Å². The first-order valence-electron chi connectivity index (χ1n) is 13.7. The van der Waals surface area contributed by atoms with Gasteiger partial charge in [-0.3, -0.25) is 0 Å². The zero-order valence-corrected chi connectivity index (χ0v) is 21.5. The number of hydrogen-bond acceptors (Lipinski definition) is 2. The zero-order chi connectivity index (χ0) is 23.3. The molecule has 2 heteroatoms. The third-order valence-electron chi connectivity index (χ3n) is 11.4. The van der Waals surface area contributed by atoms with Gasteiger partial charge < -0.3 is 10.2 Å². The van der Waals surface area contributed by atoms with Gasteiger partial charge in [-0.15, -0.1) is 6.58 Å². The Bertz CT molecular complexity index is 708. The van der Waals surface area contributed by atoms with Crippen LogP contribution in [0.3, 0.4) is 0 Å². The Morgan fingerprint density at radius 1 is 1.03 bits per heavy atom. The van der Waals surface area contributed by atoms with Crippen LogP contribution in [-0.2, 0) is 0 Å². The number of aliphatic hydroxyl groups excluding tert-OH is 2. The van der Waals surface area contributed by atoms with Crippen molar-refractivity contribution in [3.8, 4) is 0 Å². The predicted molar refractivity (Wildman–Crippen MR) is 134 cm³/mol. The van der Waals surface area contributed by atoms with E-state index < -0.39 is 0 Å². The molecule has 0 aromatic carbocycles. The fraction of sp³-hybridized carbons (Fsp3) is 0.867. The summed E-state index contributed by atoms with van der Waals surface area (Å²) in [5.41, 5.74) is 1.78. The van der Waals surface area contributed by atoms with Gasteiger partial charge in [-0.2, -0.15) is 0 Å². The monoisotopic (exact) mass is 442 g/mol. The lowest BCUT2D eigenvalue weighted by Crippen LogP contribution is -2.60. The molecule has 0 spiro atoms. The fourth-order valence-electron chi connectivity index (χ4n) is 9.78. The van der Waals surface area contributed by atoms with Crippen LogP contribution in [0.4, 0.5) is 0 Å². The summed E-state index contributed by atoms with van der Waals surface area (Å²) in [6.07, 6.45) is 15.7. The molecule has 182 valence electrons. The van der Waals surface area contributed by atoms with E-state index in [2.05, 4.69) is 47.3 Å². The van der Waals surface area contributed by atoms with Crippen LogP contribution in [0.25, 0.3) is 0 Å². The Kier molecular flexibility index (Phi) is 7.06. The first-order valence-corrected chi connectivity index (χ1v) is 13.7. The Morgan fingerprint density at radius 2 is 1.75 bits per heavy atom. The molecule has 32 heavy (non-hydrogen) atoms. The minimum Gasteiger partial charge on any atom is -0.393 e. The number of aliphatic hydroxyl groups is 2. The zero-order valence-electron chi connectivity index (χ0n) is 21.5. The molecule has 0 heterocycles. The lowest BCUT2D eigenvalue weighted by molar-refractivity contribution is -0.187. The standard InChI is InChI=1S/C30H50O2/c1-7-9-22-24-13-12-21-25-15-14-23(20(4)11-8-10-19(2)3)30(25,6)28(32)18-26(21)29(24,5)17-16-27(22)31/h7,10,20-28,31-32H,1,8-9,11-18H2,2-6H3/t20-,21+,22+,23-,24+,25+,26+,27-,28+,29+,30-/m1/s1. The van der Waals surface area contributed by atoms with Gasteiger partial charge in [0, 0.05) is 0 Å². The highest BCUT2D eigenvalue weighted by Crippen LogP contribution is 2.69. The second-order valence-corrected chi connectivity index (χ2v) is 13.0. The number of hydrogen-bond donors (Lipinski definition) is 2. The first-order chi connectivity index (χ1) is 15.1. The van der Waals surface area contributed by atoms with E-state index in [1.807, 2.05) is 6.08 Å². The van der Waals surface area contributed by atoms with E-state index in [9.17, 15) is 10.2 Å². The highest BCUT2D eigenvalue weighted by atomic mass is 16.3. The Hall–Kier alpha value is -0.600. The minimum absolute atomic E-state index is 0.0868. The normalized spacial score (nSPS) is 48.8. The molecule has 0 bridgehead atoms. The van der Waals surface area contributed by atoms with Crippen LogP contribution in [0.15, 0.2) is 24.3 Å². The average molecular weight is 443 g/mol. The van der Waals surface area contributed by atoms with E-state index in [0.29, 0.717) is 35.5 Å². The van der Waals surface area contributed by atoms with Gasteiger partial charge in [0.05, 0.1) is 12.2 Å². The molecule has 0 saturated heterocycles. The molecule has 2 nitrogen and oxygen atoms in total. The van der Waals surface area contributed by atoms with E-state index in [1.54, 1.807) is 0 Å². The molecule has 4 saturated carbocycles. The Balaban J connectivity index is 1.56. The molecule has 0 aliphatic heterocycles. The topological polar surface area (TPSA) is 40.5 Å². The Labute approximate surface area is 198 Å². The maximum Gasteiger partial charge on any atom is 0.0602 e. The molecule has 11 atom stereocenters. The SMILES string of the molecule is C=CC[C@@H]1[C@H](O)CC[C@@]2(C)[C@H]1CC[C@@H]1[C@@H]2C[C@H](O)[C@]2(C)[C@@H]([C@H](C)CCC=C(C)C)CC[C@@H]12. The molecule has 4 rings (SSSR count). The van der Waals surface area contributed by atoms with Crippen molar-refractivity contribution in [2.45, 2.75) is 111 Å². The summed E-state index contributed by atoms with van der Waals surface area (Å²) in [4.78, 5) is 0. The van der Waals surface area contributed by atoms with Gasteiger partial charge >= 0.3 is 0 Å². The van der Waals surface area contributed by atoms with Crippen molar-refractivity contribution in [2.75, 3.05) is 0 Å². The highest BCUT2D eigenvalue weighted by molar-refractivity contribution is 5.13. The summed E-state index contributed by atoms with van der Waals surface area (Å²) in [7, 11) is 0. The number of allylic oxidation sites excluding steroid dienone is 3. The van der Waals surface area contributed by atoms with Crippen LogP contribution in [0.2, 0.25) is 0 Å². The van der Waals surface area contributed by atoms with E-state index in [4.69, 9.17) is 0 Å². The van der Waals surface area contributed by atoms with Crippen LogP contribution in [0.1, 0.15) is 98.8 Å². The molecule has 0 radical (unpaired) electrons. The molecule has 4 fully saturated rings. The van der Waals surface area contributed by atoms with E-state index >= 15 is 0 Å². The summed E-state index contributed by atoms with van der Waals surface area (Å²) in [6, 6.07) is 0. The van der Waals surface area contributed by atoms with Gasteiger partial charge in [-0.25, -0.2) is 0 Å². The maximum atomic E-state index is 11.8. The van der Waals surface area contributed by atoms with E-state index in [1.165, 1.54) is 44.1 Å². The smallest absolute Gasteiger partial charge is 0.0602 e. The third kappa shape index (κ3) is 3.86. The van der Waals surface area contributed by atoms with Gasteiger partial charge in [-0.05, 0) is 130 Å². The molecule has 4 aliphatic rings. The summed E-state index contributed by atoms with van der Waals surface area (Å²) in [6.45, 7) is 15.8. The average Bonchev–Trinajstić information content (AvgIpc) is 3.10. The van der Waals surface area contributed by atoms with Crippen molar-refractivity contribution in [1.82, 2.24) is 0 Å². The van der Waals surface area contributed by atoms with Gasteiger partial charge in [0.15, 0.2) is 0 Å². The first kappa shape index (κ1) is 24.5. The fourth-order valence-corrected chi connectivity index (χ4v) is 9.78. The number of fused-ring (bicyclic) bond motifs is 5. The second kappa shape index (κ2) is 9.21. The highest BCUT2D eigenvalue weighted by Gasteiger charge is 2.64. The van der Waals surface area contributed by atoms with E-state index in [0.717, 1.165) is 31.6 Å². The van der Waals surface area contributed by atoms with Crippen molar-refractivity contribution < 1.29 is 10.2 Å². The van der Waals surface area contributed by atoms with Crippen LogP contribution in [-0.4, -0.2) is 22.4 Å². The van der Waals surface area contributed by atoms with Crippen LogP contribution in [0, 0.1) is 52.3 Å². The lowest BCUT2D eigenvalue weighted by atomic mass is 9.42. The van der Waals surface area contributed by atoms with Gasteiger partial charge in [0.25, 0.3) is 0 Å². The molecule has 0 amide bonds. The second-order valence-electron chi connectivity index (χ2n) is 13.0. The van der Waals surface area contributed by atoms with Gasteiger partial charge in [-0.1, -0.05) is 38.5 Å². The van der Waals surface area contributed by atoms with E-state index in [-0.39, 0.29) is 23.0 Å². The quantitative estimate of drug-likeness (QED) is 0.428. The van der Waals surface area contributed by atoms with Crippen molar-refractivity contribution in [3.05, 3.63) is 24.3 Å². The largest absolute Gasteiger partial charge is 0.393 e. The molecule has 2 N–H and O–H groups in total. The van der Waals surface area contributed by atoms with Crippen molar-refractivity contribution in [2.24, 2.45) is 52.3 Å². The molecular weight excluding hydrogens is 392 g/mol. The Morgan fingerprint density at radius 3 is 2.44 bits per heavy atom. The van der Waals surface area contributed by atoms with Crippen molar-refractivity contribution >= 4 is 0 Å². The molecular formula is C30H50O2. The number of rotatable bonds is 6. The summed E-state index contributed by atoms with van der Waals surface area (Å²) in [5.74, 6) is 4.34. The molecule has 4 aliphatic carbocycles. The maximum absolute atomic E-state index is 11.8. The minimum atomic E-state index is -0.174. The van der Waals surface area contributed by atoms with Crippen molar-refractivity contribution in [1.29, 1.82) is 0 Å². The molecule has 0 aromatic rings. The van der Waals surface area contributed by atoms with Crippen LogP contribution in [0.5, 0.6) is 0 Å². The summed E-state index contributed by atoms with van der Waals surface area (Å²) in [5, 5.41) is 22.6. The van der Waals surface area contributed by atoms with Crippen LogP contribution >= 0.6 is 0 Å². The van der Waals surface area contributed by atoms with Crippen LogP contribution < -0.4 is 0 Å². The summed E-state index contributed by atoms with van der Waals surface area (Å²) < 4.78 is 0. The summed E-state index contributed by atoms with van der Waals surface area (Å²) >= 11 is 0. The van der Waals surface area contributed by atoms with Gasteiger partial charge in [0.2, 0.25) is 0 Å². The molecule has 0 aromatic heterocycles. The molecule has 0 unspecified atom stereocenters. The third-order valence-corrected chi connectivity index (χ3v) is 11.4. The predicted octanol–water partition coefficient (Wildman–Crippen LogP) is 7.16. The lowest BCUT2D eigenvalue weighted by Gasteiger charge is -2.63. The van der Waals surface area contributed by atoms with Crippen molar-refractivity contribution in [3.63, 3.8) is 0 Å².